The highest BCUT2D eigenvalue weighted by Crippen LogP contribution is 2.22. The Bertz CT molecular complexity index is 894. The molecule has 1 aromatic heterocycles. The van der Waals surface area contributed by atoms with Crippen LogP contribution in [0.1, 0.15) is 25.3 Å². The molecular weight excluding hydrogens is 364 g/mol. The fourth-order valence-corrected chi connectivity index (χ4v) is 4.88. The third-order valence-electron chi connectivity index (χ3n) is 6.83. The van der Waals surface area contributed by atoms with Gasteiger partial charge in [-0.15, -0.1) is 0 Å². The van der Waals surface area contributed by atoms with E-state index in [1.165, 1.54) is 45.6 Å². The molecule has 0 unspecified atom stereocenters. The number of likely N-dealkylation sites (tertiary alicyclic amines) is 1. The van der Waals surface area contributed by atoms with Crippen molar-refractivity contribution in [1.29, 1.82) is 0 Å². The molecule has 3 heterocycles. The number of aromatic nitrogens is 1. The monoisotopic (exact) mass is 398 g/mol. The minimum Gasteiger partial charge on any atom is -0.497 e. The first-order valence-electron chi connectivity index (χ1n) is 10.9. The predicted molar refractivity (Wildman–Crippen MR) is 118 cm³/mol. The van der Waals surface area contributed by atoms with Crippen molar-refractivity contribution in [2.24, 2.45) is 7.05 Å². The molecule has 2 saturated heterocycles. The predicted octanol–water partition coefficient (Wildman–Crippen LogP) is 2.15. The van der Waals surface area contributed by atoms with E-state index < -0.39 is 0 Å². The molecule has 4 rings (SSSR count). The number of methoxy groups -OCH3 is 1. The van der Waals surface area contributed by atoms with Gasteiger partial charge in [-0.1, -0.05) is 6.92 Å². The first-order chi connectivity index (χ1) is 14.1. The molecule has 0 N–H and O–H groups in total. The molecule has 1 aromatic carbocycles. The molecule has 0 aliphatic carbocycles. The maximum Gasteiger partial charge on any atom is 0.255 e. The summed E-state index contributed by atoms with van der Waals surface area (Å²) in [6.45, 7) is 11.1. The highest BCUT2D eigenvalue weighted by molar-refractivity contribution is 5.81. The van der Waals surface area contributed by atoms with Gasteiger partial charge >= 0.3 is 0 Å². The molecule has 0 amide bonds. The van der Waals surface area contributed by atoms with Gasteiger partial charge in [-0.25, -0.2) is 0 Å². The zero-order valence-corrected chi connectivity index (χ0v) is 18.1. The van der Waals surface area contributed by atoms with Crippen LogP contribution in [0.5, 0.6) is 5.75 Å². The highest BCUT2D eigenvalue weighted by atomic mass is 16.5. The summed E-state index contributed by atoms with van der Waals surface area (Å²) in [5.41, 5.74) is 1.91. The standard InChI is InChI=1S/C23H34N4O2/c1-4-25-11-13-27(14-12-25)20-7-9-26(10-8-20)17-19-15-18-5-6-21(29-3)16-22(18)24(2)23(19)28/h5-6,15-16,20H,4,7-14,17H2,1-3H3. The largest absolute Gasteiger partial charge is 0.497 e. The Labute approximate surface area is 173 Å². The third-order valence-corrected chi connectivity index (χ3v) is 6.83. The number of hydrogen-bond acceptors (Lipinski definition) is 5. The number of fused-ring (bicyclic) bond motifs is 1. The molecule has 0 radical (unpaired) electrons. The van der Waals surface area contributed by atoms with Gasteiger partial charge in [0.25, 0.3) is 5.56 Å². The fourth-order valence-electron chi connectivity index (χ4n) is 4.88. The quantitative estimate of drug-likeness (QED) is 0.772. The molecule has 6 heteroatoms. The van der Waals surface area contributed by atoms with Gasteiger partial charge in [0, 0.05) is 57.4 Å². The van der Waals surface area contributed by atoms with Crippen molar-refractivity contribution in [1.82, 2.24) is 19.3 Å². The second-order valence-corrected chi connectivity index (χ2v) is 8.44. The summed E-state index contributed by atoms with van der Waals surface area (Å²) < 4.78 is 7.07. The molecule has 2 aliphatic rings. The van der Waals surface area contributed by atoms with E-state index in [1.54, 1.807) is 11.7 Å². The molecule has 0 atom stereocenters. The van der Waals surface area contributed by atoms with Crippen LogP contribution in [0.15, 0.2) is 29.1 Å². The summed E-state index contributed by atoms with van der Waals surface area (Å²) in [5.74, 6) is 0.780. The summed E-state index contributed by atoms with van der Waals surface area (Å²) in [5, 5.41) is 1.09. The first-order valence-corrected chi connectivity index (χ1v) is 10.9. The summed E-state index contributed by atoms with van der Waals surface area (Å²) >= 11 is 0. The Morgan fingerprint density at radius 1 is 1.00 bits per heavy atom. The molecule has 6 nitrogen and oxygen atoms in total. The van der Waals surface area contributed by atoms with E-state index >= 15 is 0 Å². The SMILES string of the molecule is CCN1CCN(C2CCN(Cc3cc4ccc(OC)cc4n(C)c3=O)CC2)CC1. The minimum atomic E-state index is 0.101. The van der Waals surface area contributed by atoms with Crippen LogP contribution in [-0.4, -0.2) is 78.2 Å². The Kier molecular flexibility index (Phi) is 6.23. The van der Waals surface area contributed by atoms with Crippen molar-refractivity contribution in [3.63, 3.8) is 0 Å². The second-order valence-electron chi connectivity index (χ2n) is 8.44. The molecule has 2 aliphatic heterocycles. The fraction of sp³-hybridized carbons (Fsp3) is 0.609. The van der Waals surface area contributed by atoms with E-state index in [9.17, 15) is 4.79 Å². The van der Waals surface area contributed by atoms with E-state index in [0.717, 1.165) is 41.9 Å². The first kappa shape index (κ1) is 20.4. The number of rotatable bonds is 5. The van der Waals surface area contributed by atoms with E-state index in [0.29, 0.717) is 6.04 Å². The average Bonchev–Trinajstić information content (AvgIpc) is 2.77. The summed E-state index contributed by atoms with van der Waals surface area (Å²) in [4.78, 5) is 20.6. The van der Waals surface area contributed by atoms with Crippen LogP contribution in [0, 0.1) is 0 Å². The van der Waals surface area contributed by atoms with Gasteiger partial charge in [-0.2, -0.15) is 0 Å². The lowest BCUT2D eigenvalue weighted by Crippen LogP contribution is -2.53. The molecule has 2 fully saturated rings. The van der Waals surface area contributed by atoms with Crippen molar-refractivity contribution >= 4 is 10.9 Å². The number of pyridine rings is 1. The molecule has 29 heavy (non-hydrogen) atoms. The topological polar surface area (TPSA) is 41.0 Å². The van der Waals surface area contributed by atoms with Gasteiger partial charge in [0.2, 0.25) is 0 Å². The highest BCUT2D eigenvalue weighted by Gasteiger charge is 2.27. The molecule has 158 valence electrons. The minimum absolute atomic E-state index is 0.101. The number of likely N-dealkylation sites (N-methyl/N-ethyl adjacent to an activating group) is 1. The number of hydrogen-bond donors (Lipinski definition) is 0. The van der Waals surface area contributed by atoms with Gasteiger partial charge < -0.3 is 14.2 Å². The van der Waals surface area contributed by atoms with Crippen molar-refractivity contribution in [3.05, 3.63) is 40.2 Å². The van der Waals surface area contributed by atoms with Gasteiger partial charge in [-0.05, 0) is 56.1 Å². The normalized spacial score (nSPS) is 20.4. The van der Waals surface area contributed by atoms with Crippen LogP contribution < -0.4 is 10.3 Å². The number of benzene rings is 1. The molecular formula is C23H34N4O2. The maximum absolute atomic E-state index is 12.9. The Balaban J connectivity index is 1.40. The van der Waals surface area contributed by atoms with Crippen LogP contribution in [0.2, 0.25) is 0 Å². The van der Waals surface area contributed by atoms with Crippen molar-refractivity contribution < 1.29 is 4.74 Å². The van der Waals surface area contributed by atoms with Crippen LogP contribution in [0.4, 0.5) is 0 Å². The Morgan fingerprint density at radius 3 is 2.38 bits per heavy atom. The molecule has 2 aromatic rings. The lowest BCUT2D eigenvalue weighted by molar-refractivity contribution is 0.0592. The van der Waals surface area contributed by atoms with E-state index in [4.69, 9.17) is 4.74 Å². The van der Waals surface area contributed by atoms with E-state index in [1.807, 2.05) is 25.2 Å². The van der Waals surface area contributed by atoms with Crippen molar-refractivity contribution in [3.8, 4) is 5.75 Å². The van der Waals surface area contributed by atoms with Gasteiger partial charge in [0.1, 0.15) is 5.75 Å². The van der Waals surface area contributed by atoms with Crippen LogP contribution in [-0.2, 0) is 13.6 Å². The third kappa shape index (κ3) is 4.34. The van der Waals surface area contributed by atoms with Gasteiger partial charge in [0.05, 0.1) is 12.6 Å². The molecule has 0 saturated carbocycles. The van der Waals surface area contributed by atoms with Gasteiger partial charge in [-0.3, -0.25) is 14.6 Å². The Hall–Kier alpha value is -1.89. The lowest BCUT2D eigenvalue weighted by Gasteiger charge is -2.42. The number of ether oxygens (including phenoxy) is 1. The smallest absolute Gasteiger partial charge is 0.255 e. The molecule has 0 bridgehead atoms. The van der Waals surface area contributed by atoms with Crippen molar-refractivity contribution in [2.45, 2.75) is 32.4 Å². The number of piperidine rings is 1. The van der Waals surface area contributed by atoms with Crippen LogP contribution >= 0.6 is 0 Å². The Morgan fingerprint density at radius 2 is 1.72 bits per heavy atom. The number of aryl methyl sites for hydroxylation is 1. The summed E-state index contributed by atoms with van der Waals surface area (Å²) in [6, 6.07) is 8.70. The second kappa shape index (κ2) is 8.86. The maximum atomic E-state index is 12.9. The summed E-state index contributed by atoms with van der Waals surface area (Å²) in [7, 11) is 3.51. The average molecular weight is 399 g/mol. The number of piperazine rings is 1. The van der Waals surface area contributed by atoms with Crippen LogP contribution in [0.3, 0.4) is 0 Å². The zero-order chi connectivity index (χ0) is 20.4. The lowest BCUT2D eigenvalue weighted by atomic mass is 10.0. The number of nitrogens with zero attached hydrogens (tertiary/aromatic N) is 4. The van der Waals surface area contributed by atoms with Gasteiger partial charge in [0.15, 0.2) is 0 Å². The van der Waals surface area contributed by atoms with E-state index in [2.05, 4.69) is 27.7 Å². The zero-order valence-electron chi connectivity index (χ0n) is 18.1. The van der Waals surface area contributed by atoms with Crippen molar-refractivity contribution in [2.75, 3.05) is 52.9 Å². The summed E-state index contributed by atoms with van der Waals surface area (Å²) in [6.07, 6.45) is 2.41. The van der Waals surface area contributed by atoms with E-state index in [-0.39, 0.29) is 5.56 Å². The molecule has 0 spiro atoms. The van der Waals surface area contributed by atoms with Crippen LogP contribution in [0.25, 0.3) is 10.9 Å².